The molecule has 150 valence electrons. The lowest BCUT2D eigenvalue weighted by atomic mass is 10.2. The van der Waals surface area contributed by atoms with Crippen molar-refractivity contribution in [1.82, 2.24) is 0 Å². The molecule has 1 aliphatic heterocycles. The number of anilines is 2. The van der Waals surface area contributed by atoms with Gasteiger partial charge < -0.3 is 19.4 Å². The number of ether oxygens (including phenoxy) is 1. The van der Waals surface area contributed by atoms with Gasteiger partial charge in [0.25, 0.3) is 5.91 Å². The van der Waals surface area contributed by atoms with Crippen molar-refractivity contribution in [3.05, 3.63) is 69.4 Å². The number of hydrogen-bond donors (Lipinski definition) is 1. The van der Waals surface area contributed by atoms with E-state index in [1.54, 1.807) is 42.5 Å². The van der Waals surface area contributed by atoms with Gasteiger partial charge in [-0.25, -0.2) is 0 Å². The molecule has 29 heavy (non-hydrogen) atoms. The van der Waals surface area contributed by atoms with E-state index in [0.717, 1.165) is 18.8 Å². The van der Waals surface area contributed by atoms with Gasteiger partial charge in [-0.3, -0.25) is 4.79 Å². The molecule has 1 aromatic heterocycles. The lowest BCUT2D eigenvalue weighted by molar-refractivity contribution is 0.0997. The maximum atomic E-state index is 12.8. The summed E-state index contributed by atoms with van der Waals surface area (Å²) in [6, 6.07) is 13.8. The minimum Gasteiger partial charge on any atom is -0.451 e. The van der Waals surface area contributed by atoms with Crippen molar-refractivity contribution in [2.75, 3.05) is 36.5 Å². The Hall–Kier alpha value is -2.18. The van der Waals surface area contributed by atoms with E-state index < -0.39 is 0 Å². The lowest BCUT2D eigenvalue weighted by Gasteiger charge is -2.30. The Morgan fingerprint density at radius 3 is 2.41 bits per heavy atom. The normalized spacial score (nSPS) is 14.1. The van der Waals surface area contributed by atoms with Crippen LogP contribution in [0.4, 0.5) is 11.4 Å². The van der Waals surface area contributed by atoms with Gasteiger partial charge in [0.15, 0.2) is 5.76 Å². The second-order valence-electron chi connectivity index (χ2n) is 6.50. The molecule has 0 spiro atoms. The van der Waals surface area contributed by atoms with E-state index in [1.165, 1.54) is 0 Å². The summed E-state index contributed by atoms with van der Waals surface area (Å²) in [4.78, 5) is 14.9. The fraction of sp³-hybridized carbons (Fsp3) is 0.190. The maximum Gasteiger partial charge on any atom is 0.291 e. The summed E-state index contributed by atoms with van der Waals surface area (Å²) in [6.07, 6.45) is 0. The summed E-state index contributed by atoms with van der Waals surface area (Å²) >= 11 is 18.3. The first-order valence-corrected chi connectivity index (χ1v) is 10.1. The largest absolute Gasteiger partial charge is 0.451 e. The van der Waals surface area contributed by atoms with Gasteiger partial charge in [0.2, 0.25) is 0 Å². The Morgan fingerprint density at radius 1 is 0.931 bits per heavy atom. The smallest absolute Gasteiger partial charge is 0.291 e. The number of morpholine rings is 1. The van der Waals surface area contributed by atoms with Gasteiger partial charge in [0, 0.05) is 28.7 Å². The molecule has 1 amide bonds. The van der Waals surface area contributed by atoms with E-state index >= 15 is 0 Å². The van der Waals surface area contributed by atoms with Gasteiger partial charge in [0.1, 0.15) is 5.76 Å². The van der Waals surface area contributed by atoms with Crippen LogP contribution in [0.1, 0.15) is 10.6 Å². The molecule has 0 radical (unpaired) electrons. The van der Waals surface area contributed by atoms with Gasteiger partial charge in [-0.05, 0) is 48.5 Å². The van der Waals surface area contributed by atoms with Crippen molar-refractivity contribution in [2.24, 2.45) is 0 Å². The molecule has 4 rings (SSSR count). The molecule has 1 N–H and O–H groups in total. The summed E-state index contributed by atoms with van der Waals surface area (Å²) in [7, 11) is 0. The van der Waals surface area contributed by atoms with Gasteiger partial charge in [-0.2, -0.15) is 0 Å². The molecule has 0 bridgehead atoms. The first-order chi connectivity index (χ1) is 14.0. The summed E-state index contributed by atoms with van der Waals surface area (Å²) < 4.78 is 11.1. The first kappa shape index (κ1) is 20.1. The second kappa shape index (κ2) is 8.67. The van der Waals surface area contributed by atoms with Gasteiger partial charge >= 0.3 is 0 Å². The van der Waals surface area contributed by atoms with Crippen molar-refractivity contribution >= 4 is 52.1 Å². The molecule has 0 unspecified atom stereocenters. The number of carbonyl (C=O) groups excluding carboxylic acids is 1. The average molecular weight is 452 g/mol. The van der Waals surface area contributed by atoms with Crippen molar-refractivity contribution in [3.63, 3.8) is 0 Å². The highest BCUT2D eigenvalue weighted by atomic mass is 35.5. The Bertz CT molecular complexity index is 1050. The second-order valence-corrected chi connectivity index (χ2v) is 7.78. The zero-order valence-electron chi connectivity index (χ0n) is 15.3. The minimum atomic E-state index is -0.377. The van der Waals surface area contributed by atoms with Gasteiger partial charge in [-0.15, -0.1) is 0 Å². The molecule has 0 aliphatic carbocycles. The molecule has 1 fully saturated rings. The number of carbonyl (C=O) groups is 1. The molecule has 3 aromatic rings. The third-order valence-corrected chi connectivity index (χ3v) is 5.37. The standard InChI is InChI=1S/C21H17Cl3N2O3/c22-13-1-3-15(16(24)11-13)19-5-6-20(29-19)21(27)25-17-12-14(23)2-4-18(17)26-7-9-28-10-8-26/h1-6,11-12H,7-10H2,(H,25,27). The number of benzene rings is 2. The fourth-order valence-electron chi connectivity index (χ4n) is 3.17. The highest BCUT2D eigenvalue weighted by Crippen LogP contribution is 2.33. The van der Waals surface area contributed by atoms with E-state index in [9.17, 15) is 4.79 Å². The summed E-state index contributed by atoms with van der Waals surface area (Å²) in [5.41, 5.74) is 2.16. The monoisotopic (exact) mass is 450 g/mol. The third kappa shape index (κ3) is 4.54. The molecule has 0 saturated carbocycles. The van der Waals surface area contributed by atoms with Crippen LogP contribution in [0.15, 0.2) is 52.9 Å². The predicted molar refractivity (Wildman–Crippen MR) is 117 cm³/mol. The zero-order chi connectivity index (χ0) is 20.4. The SMILES string of the molecule is O=C(Nc1cc(Cl)ccc1N1CCOCC1)c1ccc(-c2ccc(Cl)cc2Cl)o1. The predicted octanol–water partition coefficient (Wildman–Crippen LogP) is 6.00. The van der Waals surface area contributed by atoms with Crippen LogP contribution in [0.3, 0.4) is 0 Å². The van der Waals surface area contributed by atoms with E-state index in [1.807, 2.05) is 6.07 Å². The molecule has 2 heterocycles. The van der Waals surface area contributed by atoms with Crippen LogP contribution >= 0.6 is 34.8 Å². The van der Waals surface area contributed by atoms with Crippen molar-refractivity contribution in [2.45, 2.75) is 0 Å². The number of halogens is 3. The summed E-state index contributed by atoms with van der Waals surface area (Å²) in [5, 5.41) is 4.41. The van der Waals surface area contributed by atoms with Crippen LogP contribution in [-0.4, -0.2) is 32.2 Å². The van der Waals surface area contributed by atoms with Crippen LogP contribution in [0, 0.1) is 0 Å². The Balaban J connectivity index is 1.57. The number of hydrogen-bond acceptors (Lipinski definition) is 4. The highest BCUT2D eigenvalue weighted by Gasteiger charge is 2.19. The number of furan rings is 1. The van der Waals surface area contributed by atoms with E-state index in [-0.39, 0.29) is 11.7 Å². The molecule has 1 saturated heterocycles. The van der Waals surface area contributed by atoms with E-state index in [0.29, 0.717) is 45.3 Å². The summed E-state index contributed by atoms with van der Waals surface area (Å²) in [6.45, 7) is 2.76. The molecule has 1 aliphatic rings. The molecule has 0 atom stereocenters. The topological polar surface area (TPSA) is 54.7 Å². The van der Waals surface area contributed by atoms with E-state index in [4.69, 9.17) is 44.0 Å². The van der Waals surface area contributed by atoms with Crippen molar-refractivity contribution in [1.29, 1.82) is 0 Å². The van der Waals surface area contributed by atoms with Gasteiger partial charge in [-0.1, -0.05) is 34.8 Å². The average Bonchev–Trinajstić information content (AvgIpc) is 3.19. The Morgan fingerprint density at radius 2 is 1.66 bits per heavy atom. The highest BCUT2D eigenvalue weighted by molar-refractivity contribution is 6.36. The maximum absolute atomic E-state index is 12.8. The van der Waals surface area contributed by atoms with Crippen LogP contribution in [-0.2, 0) is 4.74 Å². The number of rotatable bonds is 4. The van der Waals surface area contributed by atoms with Crippen LogP contribution in [0.5, 0.6) is 0 Å². The molecule has 5 nitrogen and oxygen atoms in total. The summed E-state index contributed by atoms with van der Waals surface area (Å²) in [5.74, 6) is 0.272. The number of nitrogens with one attached hydrogen (secondary N) is 1. The minimum absolute atomic E-state index is 0.166. The Labute approximate surface area is 183 Å². The van der Waals surface area contributed by atoms with Crippen LogP contribution in [0.2, 0.25) is 15.1 Å². The molecular weight excluding hydrogens is 435 g/mol. The van der Waals surface area contributed by atoms with Gasteiger partial charge in [0.05, 0.1) is 29.6 Å². The van der Waals surface area contributed by atoms with Crippen LogP contribution < -0.4 is 10.2 Å². The van der Waals surface area contributed by atoms with Crippen molar-refractivity contribution in [3.8, 4) is 11.3 Å². The number of amides is 1. The van der Waals surface area contributed by atoms with Crippen molar-refractivity contribution < 1.29 is 13.9 Å². The Kier molecular flexibility index (Phi) is 6.01. The zero-order valence-corrected chi connectivity index (χ0v) is 17.5. The third-order valence-electron chi connectivity index (χ3n) is 4.58. The van der Waals surface area contributed by atoms with Crippen LogP contribution in [0.25, 0.3) is 11.3 Å². The fourth-order valence-corrected chi connectivity index (χ4v) is 3.84. The number of nitrogens with zero attached hydrogens (tertiary/aromatic N) is 1. The van der Waals surface area contributed by atoms with E-state index in [2.05, 4.69) is 10.2 Å². The molecule has 8 heteroatoms. The molecular formula is C21H17Cl3N2O3. The quantitative estimate of drug-likeness (QED) is 0.529. The first-order valence-electron chi connectivity index (χ1n) is 9.00. The lowest BCUT2D eigenvalue weighted by Crippen LogP contribution is -2.36. The molecule has 2 aromatic carbocycles.